The Kier molecular flexibility index (Phi) is 9.97. The fourth-order valence-electron chi connectivity index (χ4n) is 1.32. The topological polar surface area (TPSA) is 55.4 Å². The molecule has 0 heterocycles. The quantitative estimate of drug-likeness (QED) is 0.561. The standard InChI is InChI=1S/C11H25NO3S/c1-3-5-6-10-16(13,14)11-8-12-7-9-15-4-2/h12H,3-11H2,1-2H3. The van der Waals surface area contributed by atoms with Gasteiger partial charge in [0.15, 0.2) is 9.84 Å². The minimum atomic E-state index is -2.85. The molecule has 0 aromatic heterocycles. The molecule has 5 heteroatoms. The van der Waals surface area contributed by atoms with E-state index in [1.54, 1.807) is 0 Å². The van der Waals surface area contributed by atoms with Crippen LogP contribution in [0, 0.1) is 0 Å². The van der Waals surface area contributed by atoms with Crippen LogP contribution in [0.5, 0.6) is 0 Å². The smallest absolute Gasteiger partial charge is 0.151 e. The first-order chi connectivity index (χ1) is 7.62. The van der Waals surface area contributed by atoms with E-state index in [2.05, 4.69) is 12.2 Å². The maximum Gasteiger partial charge on any atom is 0.151 e. The van der Waals surface area contributed by atoms with Crippen molar-refractivity contribution in [3.63, 3.8) is 0 Å². The van der Waals surface area contributed by atoms with Gasteiger partial charge in [-0.1, -0.05) is 19.8 Å². The normalized spacial score (nSPS) is 11.9. The summed E-state index contributed by atoms with van der Waals surface area (Å²) in [6.45, 7) is 6.61. The number of hydrogen-bond donors (Lipinski definition) is 1. The summed E-state index contributed by atoms with van der Waals surface area (Å²) < 4.78 is 28.2. The maximum atomic E-state index is 11.5. The van der Waals surface area contributed by atoms with Gasteiger partial charge < -0.3 is 10.1 Å². The molecule has 0 aliphatic heterocycles. The molecule has 0 amide bonds. The Hall–Kier alpha value is -0.130. The van der Waals surface area contributed by atoms with Gasteiger partial charge in [0, 0.05) is 19.7 Å². The minimum absolute atomic E-state index is 0.239. The molecular formula is C11H25NO3S. The van der Waals surface area contributed by atoms with Crippen molar-refractivity contribution in [2.45, 2.75) is 33.1 Å². The molecule has 0 saturated heterocycles. The SMILES string of the molecule is CCCCCS(=O)(=O)CCNCCOCC. The molecule has 0 unspecified atom stereocenters. The van der Waals surface area contributed by atoms with E-state index >= 15 is 0 Å². The van der Waals surface area contributed by atoms with Gasteiger partial charge in [-0.15, -0.1) is 0 Å². The van der Waals surface area contributed by atoms with Crippen molar-refractivity contribution in [2.75, 3.05) is 37.8 Å². The van der Waals surface area contributed by atoms with Gasteiger partial charge in [-0.2, -0.15) is 0 Å². The van der Waals surface area contributed by atoms with Crippen LogP contribution in [0.3, 0.4) is 0 Å². The Morgan fingerprint density at radius 2 is 1.81 bits per heavy atom. The highest BCUT2D eigenvalue weighted by Gasteiger charge is 2.08. The Balaban J connectivity index is 3.43. The molecule has 0 spiro atoms. The summed E-state index contributed by atoms with van der Waals surface area (Å²) in [5.74, 6) is 0.566. The van der Waals surface area contributed by atoms with Gasteiger partial charge in [0.2, 0.25) is 0 Å². The molecule has 0 aliphatic carbocycles. The first-order valence-corrected chi connectivity index (χ1v) is 7.93. The van der Waals surface area contributed by atoms with Gasteiger partial charge in [-0.3, -0.25) is 0 Å². The van der Waals surface area contributed by atoms with E-state index in [-0.39, 0.29) is 5.75 Å². The van der Waals surface area contributed by atoms with Crippen LogP contribution in [0.25, 0.3) is 0 Å². The van der Waals surface area contributed by atoms with Gasteiger partial charge in [-0.05, 0) is 13.3 Å². The number of ether oxygens (including phenoxy) is 1. The second-order valence-corrected chi connectivity index (χ2v) is 6.11. The van der Waals surface area contributed by atoms with Crippen LogP contribution in [-0.4, -0.2) is 46.2 Å². The molecule has 16 heavy (non-hydrogen) atoms. The summed E-state index contributed by atoms with van der Waals surface area (Å²) in [6, 6.07) is 0. The van der Waals surface area contributed by atoms with Crippen molar-refractivity contribution in [1.29, 1.82) is 0 Å². The first-order valence-electron chi connectivity index (χ1n) is 6.11. The van der Waals surface area contributed by atoms with Crippen molar-refractivity contribution < 1.29 is 13.2 Å². The van der Waals surface area contributed by atoms with Gasteiger partial charge >= 0.3 is 0 Å². The lowest BCUT2D eigenvalue weighted by atomic mass is 10.3. The molecular weight excluding hydrogens is 226 g/mol. The van der Waals surface area contributed by atoms with Gasteiger partial charge in [0.05, 0.1) is 18.1 Å². The minimum Gasteiger partial charge on any atom is -0.380 e. The predicted octanol–water partition coefficient (Wildman–Crippen LogP) is 1.22. The molecule has 0 bridgehead atoms. The predicted molar refractivity (Wildman–Crippen MR) is 67.5 cm³/mol. The highest BCUT2D eigenvalue weighted by atomic mass is 32.2. The van der Waals surface area contributed by atoms with E-state index in [1.165, 1.54) is 0 Å². The maximum absolute atomic E-state index is 11.5. The van der Waals surface area contributed by atoms with Crippen molar-refractivity contribution in [2.24, 2.45) is 0 Å². The van der Waals surface area contributed by atoms with Gasteiger partial charge in [-0.25, -0.2) is 8.42 Å². The lowest BCUT2D eigenvalue weighted by Gasteiger charge is -2.06. The fraction of sp³-hybridized carbons (Fsp3) is 1.00. The van der Waals surface area contributed by atoms with Crippen LogP contribution in [0.2, 0.25) is 0 Å². The van der Waals surface area contributed by atoms with Gasteiger partial charge in [0.25, 0.3) is 0 Å². The number of rotatable bonds is 11. The molecule has 4 nitrogen and oxygen atoms in total. The average Bonchev–Trinajstić information content (AvgIpc) is 2.23. The Morgan fingerprint density at radius 1 is 1.06 bits per heavy atom. The Bertz CT molecular complexity index is 240. The zero-order valence-electron chi connectivity index (χ0n) is 10.5. The average molecular weight is 251 g/mol. The molecule has 0 aliphatic rings. The zero-order chi connectivity index (χ0) is 12.3. The Labute approximate surface area is 99.7 Å². The molecule has 0 aromatic rings. The summed E-state index contributed by atoms with van der Waals surface area (Å²) in [7, 11) is -2.85. The summed E-state index contributed by atoms with van der Waals surface area (Å²) >= 11 is 0. The zero-order valence-corrected chi connectivity index (χ0v) is 11.3. The summed E-state index contributed by atoms with van der Waals surface area (Å²) in [5, 5.41) is 3.06. The number of unbranched alkanes of at least 4 members (excludes halogenated alkanes) is 2. The van der Waals surface area contributed by atoms with Crippen molar-refractivity contribution >= 4 is 9.84 Å². The second kappa shape index (κ2) is 10.1. The largest absolute Gasteiger partial charge is 0.380 e. The molecule has 0 aromatic carbocycles. The van der Waals surface area contributed by atoms with Crippen LogP contribution >= 0.6 is 0 Å². The number of nitrogens with one attached hydrogen (secondary N) is 1. The molecule has 0 atom stereocenters. The van der Waals surface area contributed by atoms with Crippen LogP contribution in [0.15, 0.2) is 0 Å². The van der Waals surface area contributed by atoms with E-state index in [1.807, 2.05) is 6.92 Å². The highest BCUT2D eigenvalue weighted by Crippen LogP contribution is 1.99. The van der Waals surface area contributed by atoms with E-state index in [0.717, 1.165) is 25.8 Å². The third kappa shape index (κ3) is 10.4. The summed E-state index contributed by atoms with van der Waals surface area (Å²) in [4.78, 5) is 0. The first kappa shape index (κ1) is 15.9. The van der Waals surface area contributed by atoms with Crippen molar-refractivity contribution in [3.05, 3.63) is 0 Å². The molecule has 0 rings (SSSR count). The van der Waals surface area contributed by atoms with Crippen LogP contribution < -0.4 is 5.32 Å². The number of hydrogen-bond acceptors (Lipinski definition) is 4. The highest BCUT2D eigenvalue weighted by molar-refractivity contribution is 7.91. The third-order valence-corrected chi connectivity index (χ3v) is 4.01. The van der Waals surface area contributed by atoms with Crippen LogP contribution in [0.4, 0.5) is 0 Å². The third-order valence-electron chi connectivity index (χ3n) is 2.28. The summed E-state index contributed by atoms with van der Waals surface area (Å²) in [5.41, 5.74) is 0. The monoisotopic (exact) mass is 251 g/mol. The van der Waals surface area contributed by atoms with E-state index < -0.39 is 9.84 Å². The molecule has 98 valence electrons. The molecule has 0 fully saturated rings. The van der Waals surface area contributed by atoms with E-state index in [9.17, 15) is 8.42 Å². The van der Waals surface area contributed by atoms with Crippen molar-refractivity contribution in [1.82, 2.24) is 5.32 Å². The molecule has 1 N–H and O–H groups in total. The molecule has 0 saturated carbocycles. The number of sulfone groups is 1. The van der Waals surface area contributed by atoms with Crippen molar-refractivity contribution in [3.8, 4) is 0 Å². The van der Waals surface area contributed by atoms with E-state index in [4.69, 9.17) is 4.74 Å². The van der Waals surface area contributed by atoms with Crippen LogP contribution in [-0.2, 0) is 14.6 Å². The lowest BCUT2D eigenvalue weighted by molar-refractivity contribution is 0.150. The fourth-order valence-corrected chi connectivity index (χ4v) is 2.62. The van der Waals surface area contributed by atoms with E-state index in [0.29, 0.717) is 25.5 Å². The second-order valence-electron chi connectivity index (χ2n) is 3.81. The van der Waals surface area contributed by atoms with Gasteiger partial charge in [0.1, 0.15) is 0 Å². The Morgan fingerprint density at radius 3 is 2.44 bits per heavy atom. The lowest BCUT2D eigenvalue weighted by Crippen LogP contribution is -2.27. The molecule has 0 radical (unpaired) electrons. The summed E-state index contributed by atoms with van der Waals surface area (Å²) in [6.07, 6.45) is 2.84. The van der Waals surface area contributed by atoms with Crippen LogP contribution in [0.1, 0.15) is 33.1 Å².